The molecule has 1 aromatic rings. The number of hydrogen-bond acceptors (Lipinski definition) is 2. The van der Waals surface area contributed by atoms with Gasteiger partial charge in [0.2, 0.25) is 0 Å². The fourth-order valence-electron chi connectivity index (χ4n) is 4.77. The predicted molar refractivity (Wildman–Crippen MR) is 73.0 cm³/mol. The fourth-order valence-corrected chi connectivity index (χ4v) is 4.77. The number of aryl methyl sites for hydroxylation is 1. The normalized spacial score (nSPS) is 38.4. The van der Waals surface area contributed by atoms with Crippen molar-refractivity contribution in [3.05, 3.63) is 29.8 Å². The zero-order valence-corrected chi connectivity index (χ0v) is 11.3. The minimum absolute atomic E-state index is 0.361. The Kier molecular flexibility index (Phi) is 2.48. The second-order valence-corrected chi connectivity index (χ2v) is 6.41. The van der Waals surface area contributed by atoms with E-state index in [2.05, 4.69) is 12.1 Å². The van der Waals surface area contributed by atoms with Gasteiger partial charge in [0.05, 0.1) is 7.11 Å². The van der Waals surface area contributed by atoms with Gasteiger partial charge in [0.1, 0.15) is 11.5 Å². The van der Waals surface area contributed by atoms with Crippen molar-refractivity contribution in [3.63, 3.8) is 0 Å². The van der Waals surface area contributed by atoms with E-state index in [0.717, 1.165) is 36.3 Å². The second kappa shape index (κ2) is 4.09. The molecule has 19 heavy (non-hydrogen) atoms. The molecule has 0 radical (unpaired) electrons. The Balaban J connectivity index is 1.43. The van der Waals surface area contributed by atoms with Gasteiger partial charge >= 0.3 is 0 Å². The number of ketones is 1. The predicted octanol–water partition coefficient (Wildman–Crippen LogP) is 3.10. The molecule has 4 rings (SSSR count). The highest BCUT2D eigenvalue weighted by Gasteiger charge is 2.69. The summed E-state index contributed by atoms with van der Waals surface area (Å²) in [7, 11) is 1.70. The molecule has 0 amide bonds. The molecule has 3 saturated carbocycles. The van der Waals surface area contributed by atoms with Gasteiger partial charge in [-0.25, -0.2) is 0 Å². The van der Waals surface area contributed by atoms with E-state index < -0.39 is 0 Å². The number of carbonyl (C=O) groups excluding carboxylic acids is 1. The second-order valence-electron chi connectivity index (χ2n) is 6.41. The largest absolute Gasteiger partial charge is 0.497 e. The first-order valence-corrected chi connectivity index (χ1v) is 7.46. The Morgan fingerprint density at radius 1 is 1.26 bits per heavy atom. The van der Waals surface area contributed by atoms with E-state index in [9.17, 15) is 4.79 Å². The van der Waals surface area contributed by atoms with Gasteiger partial charge in [-0.1, -0.05) is 12.1 Å². The minimum Gasteiger partial charge on any atom is -0.497 e. The molecule has 2 heteroatoms. The van der Waals surface area contributed by atoms with Gasteiger partial charge in [-0.05, 0) is 61.1 Å². The fraction of sp³-hybridized carbons (Fsp3) is 0.588. The average molecular weight is 256 g/mol. The lowest BCUT2D eigenvalue weighted by atomic mass is 9.86. The molecule has 3 aliphatic carbocycles. The van der Waals surface area contributed by atoms with Gasteiger partial charge in [-0.3, -0.25) is 4.79 Å². The van der Waals surface area contributed by atoms with Crippen molar-refractivity contribution >= 4 is 5.78 Å². The summed E-state index contributed by atoms with van der Waals surface area (Å²) in [5.41, 5.74) is 1.29. The summed E-state index contributed by atoms with van der Waals surface area (Å²) >= 11 is 0. The number of rotatable bonds is 4. The zero-order chi connectivity index (χ0) is 13.0. The number of ether oxygens (including phenoxy) is 1. The third-order valence-corrected chi connectivity index (χ3v) is 5.65. The van der Waals surface area contributed by atoms with Crippen molar-refractivity contribution in [1.29, 1.82) is 0 Å². The maximum absolute atomic E-state index is 12.3. The molecule has 0 bridgehead atoms. The van der Waals surface area contributed by atoms with E-state index in [1.165, 1.54) is 18.4 Å². The Hall–Kier alpha value is -1.31. The summed E-state index contributed by atoms with van der Waals surface area (Å²) in [5.74, 6) is 4.68. The number of carbonyl (C=O) groups is 1. The molecule has 1 aromatic carbocycles. The van der Waals surface area contributed by atoms with Crippen LogP contribution in [0, 0.1) is 29.6 Å². The van der Waals surface area contributed by atoms with Crippen LogP contribution in [-0.4, -0.2) is 12.9 Å². The molecule has 0 heterocycles. The highest BCUT2D eigenvalue weighted by Crippen LogP contribution is 2.69. The zero-order valence-electron chi connectivity index (χ0n) is 11.3. The van der Waals surface area contributed by atoms with E-state index >= 15 is 0 Å². The molecule has 3 aliphatic rings. The average Bonchev–Trinajstić information content (AvgIpc) is 2.94. The molecular weight excluding hydrogens is 236 g/mol. The quantitative estimate of drug-likeness (QED) is 0.827. The van der Waals surface area contributed by atoms with Gasteiger partial charge < -0.3 is 4.74 Å². The highest BCUT2D eigenvalue weighted by molar-refractivity contribution is 5.90. The molecule has 5 unspecified atom stereocenters. The minimum atomic E-state index is 0.361. The van der Waals surface area contributed by atoms with E-state index in [0.29, 0.717) is 17.6 Å². The van der Waals surface area contributed by atoms with Crippen molar-refractivity contribution in [1.82, 2.24) is 0 Å². The number of benzene rings is 1. The smallest absolute Gasteiger partial charge is 0.139 e. The summed E-state index contributed by atoms with van der Waals surface area (Å²) in [6.45, 7) is 0. The number of Topliss-reactive ketones (excluding diaryl/α,β-unsaturated/α-hetero) is 1. The molecule has 2 nitrogen and oxygen atoms in total. The molecule has 0 aromatic heterocycles. The third kappa shape index (κ3) is 1.65. The number of methoxy groups -OCH3 is 1. The topological polar surface area (TPSA) is 26.3 Å². The highest BCUT2D eigenvalue weighted by atomic mass is 16.5. The third-order valence-electron chi connectivity index (χ3n) is 5.65. The summed E-state index contributed by atoms with van der Waals surface area (Å²) in [6.07, 6.45) is 4.67. The van der Waals surface area contributed by atoms with Crippen molar-refractivity contribution in [2.75, 3.05) is 7.11 Å². The number of fused-ring (bicyclic) bond motifs is 1. The van der Waals surface area contributed by atoms with Gasteiger partial charge in [-0.2, -0.15) is 0 Å². The van der Waals surface area contributed by atoms with Gasteiger partial charge in [0, 0.05) is 11.8 Å². The van der Waals surface area contributed by atoms with Crippen LogP contribution in [0.1, 0.15) is 24.8 Å². The Morgan fingerprint density at radius 3 is 2.89 bits per heavy atom. The molecule has 5 atom stereocenters. The summed E-state index contributed by atoms with van der Waals surface area (Å²) < 4.78 is 5.25. The monoisotopic (exact) mass is 256 g/mol. The van der Waals surface area contributed by atoms with Gasteiger partial charge in [-0.15, -0.1) is 0 Å². The Labute approximate surface area is 114 Å². The first-order valence-electron chi connectivity index (χ1n) is 7.46. The maximum Gasteiger partial charge on any atom is 0.139 e. The van der Waals surface area contributed by atoms with Crippen molar-refractivity contribution in [2.45, 2.75) is 25.7 Å². The van der Waals surface area contributed by atoms with Crippen LogP contribution < -0.4 is 4.74 Å². The lowest BCUT2D eigenvalue weighted by Gasteiger charge is -2.17. The number of hydrogen-bond donors (Lipinski definition) is 0. The van der Waals surface area contributed by atoms with E-state index in [1.54, 1.807) is 7.11 Å². The molecule has 0 spiro atoms. The van der Waals surface area contributed by atoms with Crippen molar-refractivity contribution in [2.24, 2.45) is 29.6 Å². The van der Waals surface area contributed by atoms with Crippen LogP contribution in [0.25, 0.3) is 0 Å². The van der Waals surface area contributed by atoms with E-state index in [1.807, 2.05) is 12.1 Å². The van der Waals surface area contributed by atoms with Crippen LogP contribution in [0.2, 0.25) is 0 Å². The molecule has 0 saturated heterocycles. The van der Waals surface area contributed by atoms with Crippen LogP contribution in [0.5, 0.6) is 5.75 Å². The maximum atomic E-state index is 12.3. The van der Waals surface area contributed by atoms with Crippen LogP contribution in [0.4, 0.5) is 0 Å². The van der Waals surface area contributed by atoms with Crippen molar-refractivity contribution in [3.8, 4) is 5.75 Å². The first-order chi connectivity index (χ1) is 9.29. The molecule has 100 valence electrons. The van der Waals surface area contributed by atoms with Crippen LogP contribution >= 0.6 is 0 Å². The first kappa shape index (κ1) is 11.5. The Morgan fingerprint density at radius 2 is 2.11 bits per heavy atom. The van der Waals surface area contributed by atoms with E-state index in [-0.39, 0.29) is 0 Å². The van der Waals surface area contributed by atoms with Crippen molar-refractivity contribution < 1.29 is 9.53 Å². The standard InChI is InChI=1S/C17H20O2/c1-19-11-4-2-3-10(9-11)5-6-13-12-7-8-14-15(12)16(14)17(13)18/h2-4,9,12-16H,5-8H2,1H3. The molecule has 3 fully saturated rings. The van der Waals surface area contributed by atoms with Gasteiger partial charge in [0.25, 0.3) is 0 Å². The lowest BCUT2D eigenvalue weighted by molar-refractivity contribution is -0.123. The van der Waals surface area contributed by atoms with Crippen LogP contribution in [0.15, 0.2) is 24.3 Å². The Bertz CT molecular complexity index is 522. The summed E-state index contributed by atoms with van der Waals surface area (Å²) in [4.78, 5) is 12.3. The lowest BCUT2D eigenvalue weighted by Crippen LogP contribution is -2.18. The van der Waals surface area contributed by atoms with Crippen LogP contribution in [0.3, 0.4) is 0 Å². The summed E-state index contributed by atoms with van der Waals surface area (Å²) in [6, 6.07) is 8.24. The van der Waals surface area contributed by atoms with Crippen LogP contribution in [-0.2, 0) is 11.2 Å². The molecule has 0 N–H and O–H groups in total. The molecule has 0 aliphatic heterocycles. The van der Waals surface area contributed by atoms with Gasteiger partial charge in [0.15, 0.2) is 0 Å². The summed E-state index contributed by atoms with van der Waals surface area (Å²) in [5, 5.41) is 0. The van der Waals surface area contributed by atoms with E-state index in [4.69, 9.17) is 4.74 Å². The molecular formula is C17H20O2. The SMILES string of the molecule is COc1cccc(CCC2C(=O)C3C4CCC2C43)c1.